The van der Waals surface area contributed by atoms with Crippen molar-refractivity contribution in [3.05, 3.63) is 34.1 Å². The van der Waals surface area contributed by atoms with Crippen molar-refractivity contribution in [2.24, 2.45) is 5.92 Å². The summed E-state index contributed by atoms with van der Waals surface area (Å²) in [6, 6.07) is 5.91. The molecule has 3 aliphatic rings. The van der Waals surface area contributed by atoms with Gasteiger partial charge in [-0.1, -0.05) is 22.0 Å². The molecule has 0 radical (unpaired) electrons. The van der Waals surface area contributed by atoms with Gasteiger partial charge in [-0.15, -0.1) is 0 Å². The minimum Gasteiger partial charge on any atom is -0.306 e. The summed E-state index contributed by atoms with van der Waals surface area (Å²) in [5, 5.41) is 3.63. The van der Waals surface area contributed by atoms with E-state index in [0.29, 0.717) is 6.04 Å². The van der Waals surface area contributed by atoms with Gasteiger partial charge in [-0.2, -0.15) is 0 Å². The van der Waals surface area contributed by atoms with Gasteiger partial charge < -0.3 is 10.2 Å². The van der Waals surface area contributed by atoms with Crippen LogP contribution in [0.15, 0.2) is 22.7 Å². The fourth-order valence-corrected chi connectivity index (χ4v) is 3.75. The van der Waals surface area contributed by atoms with Crippen molar-refractivity contribution in [2.45, 2.75) is 31.8 Å². The van der Waals surface area contributed by atoms with Crippen molar-refractivity contribution in [1.82, 2.24) is 10.2 Å². The molecule has 4 heteroatoms. The number of hydrogen-bond donors (Lipinski definition) is 1. The number of benzene rings is 1. The third kappa shape index (κ3) is 2.86. The van der Waals surface area contributed by atoms with Crippen LogP contribution in [0.2, 0.25) is 0 Å². The number of nitrogens with zero attached hydrogens (tertiary/aromatic N) is 1. The lowest BCUT2D eigenvalue weighted by Crippen LogP contribution is -2.56. The van der Waals surface area contributed by atoms with Crippen LogP contribution in [0, 0.1) is 11.7 Å². The Morgan fingerprint density at radius 2 is 2.11 bits per heavy atom. The molecule has 0 aliphatic carbocycles. The summed E-state index contributed by atoms with van der Waals surface area (Å²) in [6.07, 6.45) is 2.57. The zero-order valence-corrected chi connectivity index (χ0v) is 12.8. The van der Waals surface area contributed by atoms with Gasteiger partial charge in [0.15, 0.2) is 0 Å². The average Bonchev–Trinajstić information content (AvgIpc) is 2.39. The summed E-state index contributed by atoms with van der Waals surface area (Å²) in [6.45, 7) is 5.66. The maximum absolute atomic E-state index is 14.0. The highest BCUT2D eigenvalue weighted by molar-refractivity contribution is 9.10. The molecule has 1 aromatic carbocycles. The maximum Gasteiger partial charge on any atom is 0.129 e. The van der Waals surface area contributed by atoms with E-state index < -0.39 is 0 Å². The smallest absolute Gasteiger partial charge is 0.129 e. The largest absolute Gasteiger partial charge is 0.306 e. The van der Waals surface area contributed by atoms with Gasteiger partial charge in [0, 0.05) is 28.7 Å². The van der Waals surface area contributed by atoms with Crippen molar-refractivity contribution in [1.29, 1.82) is 0 Å². The fraction of sp³-hybridized carbons (Fsp3) is 0.600. The highest BCUT2D eigenvalue weighted by Crippen LogP contribution is 2.30. The quantitative estimate of drug-likeness (QED) is 0.916. The second kappa shape index (κ2) is 5.51. The van der Waals surface area contributed by atoms with Gasteiger partial charge in [-0.05, 0) is 50.9 Å². The topological polar surface area (TPSA) is 15.3 Å². The summed E-state index contributed by atoms with van der Waals surface area (Å²) in [4.78, 5) is 2.52. The molecule has 1 N–H and O–H groups in total. The van der Waals surface area contributed by atoms with Crippen LogP contribution in [0.3, 0.4) is 0 Å². The van der Waals surface area contributed by atoms with Gasteiger partial charge in [0.25, 0.3) is 0 Å². The Morgan fingerprint density at radius 3 is 2.68 bits per heavy atom. The Balaban J connectivity index is 1.69. The molecule has 0 amide bonds. The lowest BCUT2D eigenvalue weighted by Gasteiger charge is -2.46. The Hall–Kier alpha value is -0.450. The van der Waals surface area contributed by atoms with E-state index in [1.54, 1.807) is 6.07 Å². The third-order valence-corrected chi connectivity index (χ3v) is 5.04. The van der Waals surface area contributed by atoms with Gasteiger partial charge in [0.1, 0.15) is 5.82 Å². The molecular formula is C15H20BrFN2. The zero-order valence-electron chi connectivity index (χ0n) is 11.2. The molecule has 3 saturated heterocycles. The molecule has 19 heavy (non-hydrogen) atoms. The number of nitrogens with one attached hydrogen (secondary N) is 1. The molecule has 0 saturated carbocycles. The monoisotopic (exact) mass is 326 g/mol. The number of fused-ring (bicyclic) bond motifs is 3. The van der Waals surface area contributed by atoms with Crippen LogP contribution in [0.1, 0.15) is 31.4 Å². The SMILES string of the molecule is CC(NC1CN2CCC1CC2)c1ccc(Br)cc1F. The predicted molar refractivity (Wildman–Crippen MR) is 78.6 cm³/mol. The van der Waals surface area contributed by atoms with Crippen LogP contribution < -0.4 is 5.32 Å². The summed E-state index contributed by atoms with van der Waals surface area (Å²) in [5.74, 6) is 0.640. The molecule has 0 aromatic heterocycles. The third-order valence-electron chi connectivity index (χ3n) is 4.55. The van der Waals surface area contributed by atoms with Gasteiger partial charge in [0.2, 0.25) is 0 Å². The van der Waals surface area contributed by atoms with E-state index in [1.165, 1.54) is 25.9 Å². The molecule has 3 fully saturated rings. The Morgan fingerprint density at radius 1 is 1.37 bits per heavy atom. The Labute approximate surface area is 122 Å². The molecule has 2 atom stereocenters. The summed E-state index contributed by atoms with van der Waals surface area (Å²) < 4.78 is 14.8. The average molecular weight is 327 g/mol. The summed E-state index contributed by atoms with van der Waals surface area (Å²) in [7, 11) is 0. The zero-order chi connectivity index (χ0) is 13.4. The van der Waals surface area contributed by atoms with E-state index in [-0.39, 0.29) is 11.9 Å². The standard InChI is InChI=1S/C15H20BrFN2/c1-10(13-3-2-12(16)8-14(13)17)18-15-9-19-6-4-11(15)5-7-19/h2-3,8,10-11,15,18H,4-7,9H2,1H3. The molecule has 104 valence electrons. The van der Waals surface area contributed by atoms with E-state index in [2.05, 4.69) is 33.1 Å². The Kier molecular flexibility index (Phi) is 3.92. The fourth-order valence-electron chi connectivity index (χ4n) is 3.42. The first-order valence-corrected chi connectivity index (χ1v) is 7.86. The van der Waals surface area contributed by atoms with E-state index >= 15 is 0 Å². The van der Waals surface area contributed by atoms with E-state index in [4.69, 9.17) is 0 Å². The van der Waals surface area contributed by atoms with Gasteiger partial charge >= 0.3 is 0 Å². The van der Waals surface area contributed by atoms with Crippen molar-refractivity contribution < 1.29 is 4.39 Å². The van der Waals surface area contributed by atoms with Gasteiger partial charge in [-0.3, -0.25) is 0 Å². The summed E-state index contributed by atoms with van der Waals surface area (Å²) in [5.41, 5.74) is 0.764. The molecule has 3 aliphatic heterocycles. The van der Waals surface area contributed by atoms with Crippen molar-refractivity contribution in [3.8, 4) is 0 Å². The minimum atomic E-state index is -0.129. The van der Waals surface area contributed by atoms with Crippen molar-refractivity contribution in [3.63, 3.8) is 0 Å². The summed E-state index contributed by atoms with van der Waals surface area (Å²) >= 11 is 3.30. The van der Waals surface area contributed by atoms with Crippen LogP contribution in [-0.4, -0.2) is 30.6 Å². The van der Waals surface area contributed by atoms with Crippen LogP contribution in [0.4, 0.5) is 4.39 Å². The van der Waals surface area contributed by atoms with Crippen LogP contribution in [0.5, 0.6) is 0 Å². The number of hydrogen-bond acceptors (Lipinski definition) is 2. The molecule has 4 rings (SSSR count). The number of piperidine rings is 3. The van der Waals surface area contributed by atoms with Crippen molar-refractivity contribution >= 4 is 15.9 Å². The first-order chi connectivity index (χ1) is 9.13. The number of rotatable bonds is 3. The van der Waals surface area contributed by atoms with E-state index in [0.717, 1.165) is 22.5 Å². The molecular weight excluding hydrogens is 307 g/mol. The molecule has 2 nitrogen and oxygen atoms in total. The van der Waals surface area contributed by atoms with E-state index in [1.807, 2.05) is 12.1 Å². The minimum absolute atomic E-state index is 0.0682. The Bertz CT molecular complexity index is 457. The van der Waals surface area contributed by atoms with Crippen LogP contribution >= 0.6 is 15.9 Å². The molecule has 0 spiro atoms. The highest BCUT2D eigenvalue weighted by atomic mass is 79.9. The predicted octanol–water partition coefficient (Wildman–Crippen LogP) is 3.33. The lowest BCUT2D eigenvalue weighted by atomic mass is 9.83. The van der Waals surface area contributed by atoms with Crippen LogP contribution in [-0.2, 0) is 0 Å². The van der Waals surface area contributed by atoms with Gasteiger partial charge in [0.05, 0.1) is 0 Å². The van der Waals surface area contributed by atoms with Crippen LogP contribution in [0.25, 0.3) is 0 Å². The highest BCUT2D eigenvalue weighted by Gasteiger charge is 2.34. The maximum atomic E-state index is 14.0. The molecule has 3 heterocycles. The first-order valence-electron chi connectivity index (χ1n) is 7.07. The molecule has 2 bridgehead atoms. The molecule has 1 aromatic rings. The second-order valence-electron chi connectivity index (χ2n) is 5.80. The van der Waals surface area contributed by atoms with E-state index in [9.17, 15) is 4.39 Å². The first kappa shape index (κ1) is 13.5. The van der Waals surface area contributed by atoms with Crippen molar-refractivity contribution in [2.75, 3.05) is 19.6 Å². The lowest BCUT2D eigenvalue weighted by molar-refractivity contribution is 0.0678. The van der Waals surface area contributed by atoms with Gasteiger partial charge in [-0.25, -0.2) is 4.39 Å². The number of halogens is 2. The second-order valence-corrected chi connectivity index (χ2v) is 6.71. The molecule has 2 unspecified atom stereocenters. The normalized spacial score (nSPS) is 31.4.